The van der Waals surface area contributed by atoms with Gasteiger partial charge in [0.1, 0.15) is 0 Å². The number of hydrogen-bond donors (Lipinski definition) is 2. The number of aromatic nitrogens is 6. The summed E-state index contributed by atoms with van der Waals surface area (Å²) in [6.07, 6.45) is 9.88. The van der Waals surface area contributed by atoms with Gasteiger partial charge in [-0.3, -0.25) is 9.36 Å². The van der Waals surface area contributed by atoms with Crippen LogP contribution in [0.4, 0.5) is 0 Å². The Bertz CT molecular complexity index is 1220. The van der Waals surface area contributed by atoms with E-state index in [0.717, 1.165) is 59.6 Å². The van der Waals surface area contributed by atoms with E-state index in [1.165, 1.54) is 0 Å². The first-order valence-corrected chi connectivity index (χ1v) is 11.0. The van der Waals surface area contributed by atoms with Crippen molar-refractivity contribution >= 4 is 0 Å². The largest absolute Gasteiger partial charge is 0.322 e. The highest BCUT2D eigenvalue weighted by Gasteiger charge is 2.27. The highest BCUT2D eigenvalue weighted by atomic mass is 15.2. The number of nitrogens with two attached hydrogens (primary N) is 1. The van der Waals surface area contributed by atoms with Gasteiger partial charge in [-0.05, 0) is 49.5 Å². The molecule has 0 amide bonds. The minimum atomic E-state index is -0.192. The van der Waals surface area contributed by atoms with Gasteiger partial charge in [0, 0.05) is 49.4 Å². The number of benzene rings is 1. The van der Waals surface area contributed by atoms with E-state index in [1.807, 2.05) is 57.1 Å². The lowest BCUT2D eigenvalue weighted by Gasteiger charge is -2.28. The molecule has 1 aliphatic heterocycles. The number of aryl methyl sites for hydroxylation is 2. The van der Waals surface area contributed by atoms with E-state index in [-0.39, 0.29) is 6.04 Å². The maximum absolute atomic E-state index is 6.81. The Balaban J connectivity index is 1.57. The van der Waals surface area contributed by atoms with Gasteiger partial charge in [-0.2, -0.15) is 10.2 Å². The van der Waals surface area contributed by atoms with E-state index in [2.05, 4.69) is 27.6 Å². The Hall–Kier alpha value is -3.36. The fraction of sp³-hybridized carbons (Fsp3) is 0.333. The quantitative estimate of drug-likeness (QED) is 0.507. The molecule has 2 unspecified atom stereocenters. The summed E-state index contributed by atoms with van der Waals surface area (Å²) in [4.78, 5) is 9.72. The van der Waals surface area contributed by atoms with Gasteiger partial charge in [0.2, 0.25) is 0 Å². The van der Waals surface area contributed by atoms with Gasteiger partial charge in [-0.25, -0.2) is 9.97 Å². The summed E-state index contributed by atoms with van der Waals surface area (Å²) in [7, 11) is 3.83. The second-order valence-corrected chi connectivity index (χ2v) is 8.48. The number of nitrogens with one attached hydrogen (secondary N) is 1. The molecule has 0 saturated carbocycles. The first-order valence-electron chi connectivity index (χ1n) is 11.0. The van der Waals surface area contributed by atoms with Crippen LogP contribution in [-0.4, -0.2) is 42.6 Å². The van der Waals surface area contributed by atoms with Gasteiger partial charge >= 0.3 is 0 Å². The topological polar surface area (TPSA) is 99.5 Å². The lowest BCUT2D eigenvalue weighted by molar-refractivity contribution is 0.323. The molecule has 0 spiro atoms. The van der Waals surface area contributed by atoms with Crippen molar-refractivity contribution in [2.45, 2.75) is 18.9 Å². The van der Waals surface area contributed by atoms with Gasteiger partial charge in [-0.1, -0.05) is 18.2 Å². The maximum Gasteiger partial charge on any atom is 0.159 e. The summed E-state index contributed by atoms with van der Waals surface area (Å²) < 4.78 is 3.59. The molecule has 3 N–H and O–H groups in total. The van der Waals surface area contributed by atoms with Crippen molar-refractivity contribution in [1.82, 2.24) is 34.8 Å². The molecule has 8 heteroatoms. The molecule has 32 heavy (non-hydrogen) atoms. The van der Waals surface area contributed by atoms with E-state index in [0.29, 0.717) is 11.7 Å². The summed E-state index contributed by atoms with van der Waals surface area (Å²) in [5.74, 6) is 1.00. The molecule has 1 saturated heterocycles. The van der Waals surface area contributed by atoms with Crippen LogP contribution in [0.5, 0.6) is 0 Å². The third-order valence-electron chi connectivity index (χ3n) is 6.13. The molecular formula is C24H28N8. The molecule has 1 fully saturated rings. The zero-order valence-electron chi connectivity index (χ0n) is 18.4. The zero-order chi connectivity index (χ0) is 22.1. The zero-order valence-corrected chi connectivity index (χ0v) is 18.4. The Labute approximate surface area is 187 Å². The molecule has 0 bridgehead atoms. The fourth-order valence-electron chi connectivity index (χ4n) is 4.36. The lowest BCUT2D eigenvalue weighted by Crippen LogP contribution is -2.37. The molecule has 5 rings (SSSR count). The van der Waals surface area contributed by atoms with Crippen LogP contribution >= 0.6 is 0 Å². The summed E-state index contributed by atoms with van der Waals surface area (Å²) in [5.41, 5.74) is 12.5. The third-order valence-corrected chi connectivity index (χ3v) is 6.13. The maximum atomic E-state index is 6.81. The highest BCUT2D eigenvalue weighted by molar-refractivity contribution is 5.70. The normalized spacial score (nSPS) is 17.4. The van der Waals surface area contributed by atoms with Crippen molar-refractivity contribution in [1.29, 1.82) is 0 Å². The Morgan fingerprint density at radius 1 is 1.09 bits per heavy atom. The van der Waals surface area contributed by atoms with Crippen molar-refractivity contribution in [3.63, 3.8) is 0 Å². The number of piperidine rings is 1. The summed E-state index contributed by atoms with van der Waals surface area (Å²) in [6.45, 7) is 1.95. The molecule has 8 nitrogen and oxygen atoms in total. The van der Waals surface area contributed by atoms with Crippen LogP contribution in [0.3, 0.4) is 0 Å². The molecule has 1 aliphatic rings. The number of nitrogens with zero attached hydrogens (tertiary/aromatic N) is 6. The molecule has 0 radical (unpaired) electrons. The smallest absolute Gasteiger partial charge is 0.159 e. The van der Waals surface area contributed by atoms with Gasteiger partial charge < -0.3 is 11.1 Å². The van der Waals surface area contributed by atoms with E-state index >= 15 is 0 Å². The summed E-state index contributed by atoms with van der Waals surface area (Å²) >= 11 is 0. The van der Waals surface area contributed by atoms with Crippen LogP contribution in [0.25, 0.3) is 33.8 Å². The standard InChI is InChI=1S/C24H28N8/c1-31-10-8-21(30-31)20-14-27-24(29-23(20)22(25)18-7-4-9-26-12-18)17-6-3-5-16(11-17)19-13-28-32(2)15-19/h3,5-6,8,10-11,13-15,18,22,26H,4,7,9,12,25H2,1-2H3. The van der Waals surface area contributed by atoms with Crippen LogP contribution in [0.1, 0.15) is 24.6 Å². The summed E-state index contributed by atoms with van der Waals surface area (Å²) in [5, 5.41) is 12.3. The number of rotatable bonds is 5. The van der Waals surface area contributed by atoms with Crippen molar-refractivity contribution in [3.05, 3.63) is 60.8 Å². The average Bonchev–Trinajstić information content (AvgIpc) is 3.47. The second kappa shape index (κ2) is 8.64. The monoisotopic (exact) mass is 428 g/mol. The Kier molecular flexibility index (Phi) is 5.55. The van der Waals surface area contributed by atoms with Crippen LogP contribution in [0.2, 0.25) is 0 Å². The lowest BCUT2D eigenvalue weighted by atomic mass is 9.88. The first kappa shape index (κ1) is 20.5. The van der Waals surface area contributed by atoms with Crippen molar-refractivity contribution < 1.29 is 0 Å². The van der Waals surface area contributed by atoms with Crippen LogP contribution in [0, 0.1) is 5.92 Å². The fourth-order valence-corrected chi connectivity index (χ4v) is 4.36. The second-order valence-electron chi connectivity index (χ2n) is 8.48. The number of hydrogen-bond acceptors (Lipinski definition) is 6. The molecular weight excluding hydrogens is 400 g/mol. The van der Waals surface area contributed by atoms with Gasteiger partial charge in [0.15, 0.2) is 5.82 Å². The van der Waals surface area contributed by atoms with E-state index in [9.17, 15) is 0 Å². The van der Waals surface area contributed by atoms with Crippen LogP contribution in [-0.2, 0) is 14.1 Å². The highest BCUT2D eigenvalue weighted by Crippen LogP contribution is 2.33. The third kappa shape index (κ3) is 4.06. The molecule has 4 aromatic rings. The Morgan fingerprint density at radius 2 is 1.97 bits per heavy atom. The van der Waals surface area contributed by atoms with Gasteiger partial charge in [-0.15, -0.1) is 0 Å². The van der Waals surface area contributed by atoms with Crippen molar-refractivity contribution in [2.75, 3.05) is 13.1 Å². The minimum Gasteiger partial charge on any atom is -0.322 e. The minimum absolute atomic E-state index is 0.192. The van der Waals surface area contributed by atoms with Crippen LogP contribution < -0.4 is 11.1 Å². The average molecular weight is 429 g/mol. The molecule has 4 heterocycles. The van der Waals surface area contributed by atoms with Crippen molar-refractivity contribution in [3.8, 4) is 33.8 Å². The van der Waals surface area contributed by atoms with Gasteiger partial charge in [0.05, 0.1) is 23.6 Å². The molecule has 2 atom stereocenters. The van der Waals surface area contributed by atoms with E-state index in [1.54, 1.807) is 9.36 Å². The Morgan fingerprint density at radius 3 is 2.69 bits per heavy atom. The first-order chi connectivity index (χ1) is 15.6. The summed E-state index contributed by atoms with van der Waals surface area (Å²) in [6, 6.07) is 10.0. The van der Waals surface area contributed by atoms with Crippen LogP contribution in [0.15, 0.2) is 55.1 Å². The predicted octanol–water partition coefficient (Wildman–Crippen LogP) is 2.94. The molecule has 0 aliphatic carbocycles. The van der Waals surface area contributed by atoms with E-state index in [4.69, 9.17) is 15.7 Å². The van der Waals surface area contributed by atoms with Gasteiger partial charge in [0.25, 0.3) is 0 Å². The van der Waals surface area contributed by atoms with Crippen molar-refractivity contribution in [2.24, 2.45) is 25.7 Å². The predicted molar refractivity (Wildman–Crippen MR) is 124 cm³/mol. The SMILES string of the molecule is Cn1cc(-c2cccc(-c3ncc(-c4ccn(C)n4)c(C(N)C4CCCNC4)n3)c2)cn1. The van der Waals surface area contributed by atoms with E-state index < -0.39 is 0 Å². The molecule has 1 aromatic carbocycles. The molecule has 164 valence electrons. The molecule has 3 aromatic heterocycles.